The van der Waals surface area contributed by atoms with Crippen molar-refractivity contribution in [3.05, 3.63) is 60.0 Å². The van der Waals surface area contributed by atoms with Crippen molar-refractivity contribution in [2.45, 2.75) is 6.18 Å². The highest BCUT2D eigenvalue weighted by atomic mass is 19.4. The molecular formula is C19H13F3N4O4. The second kappa shape index (κ2) is 7.85. The maximum absolute atomic E-state index is 12.5. The molecule has 2 aromatic heterocycles. The number of fused-ring (bicyclic) bond motifs is 1. The van der Waals surface area contributed by atoms with Crippen LogP contribution in [0.25, 0.3) is 22.4 Å². The Morgan fingerprint density at radius 1 is 1.07 bits per heavy atom. The van der Waals surface area contributed by atoms with Crippen LogP contribution in [0, 0.1) is 0 Å². The third-order valence-electron chi connectivity index (χ3n) is 4.05. The fourth-order valence-corrected chi connectivity index (χ4v) is 2.71. The van der Waals surface area contributed by atoms with Crippen LogP contribution < -0.4 is 10.1 Å². The SMILES string of the molecule is O=C(NCCOc1cc(-c2noc(C(F)(F)F)n2)on1)c1cccc2ccccc12. The van der Waals surface area contributed by atoms with Crippen molar-refractivity contribution in [2.75, 3.05) is 13.2 Å². The van der Waals surface area contributed by atoms with E-state index in [1.54, 1.807) is 12.1 Å². The van der Waals surface area contributed by atoms with Crippen molar-refractivity contribution in [3.8, 4) is 17.5 Å². The van der Waals surface area contributed by atoms with Gasteiger partial charge in [-0.3, -0.25) is 4.79 Å². The molecule has 30 heavy (non-hydrogen) atoms. The molecule has 0 spiro atoms. The van der Waals surface area contributed by atoms with Crippen molar-refractivity contribution in [2.24, 2.45) is 0 Å². The van der Waals surface area contributed by atoms with Gasteiger partial charge < -0.3 is 19.1 Å². The summed E-state index contributed by atoms with van der Waals surface area (Å²) in [6.07, 6.45) is -4.76. The summed E-state index contributed by atoms with van der Waals surface area (Å²) in [5.41, 5.74) is 0.536. The Hall–Kier alpha value is -3.89. The van der Waals surface area contributed by atoms with E-state index in [1.807, 2.05) is 30.3 Å². The minimum Gasteiger partial charge on any atom is -0.474 e. The summed E-state index contributed by atoms with van der Waals surface area (Å²) in [5, 5.41) is 11.3. The van der Waals surface area contributed by atoms with Crippen LogP contribution in [-0.2, 0) is 6.18 Å². The molecule has 0 aliphatic carbocycles. The molecular weight excluding hydrogens is 405 g/mol. The van der Waals surface area contributed by atoms with E-state index in [2.05, 4.69) is 25.1 Å². The number of amides is 1. The molecule has 0 fully saturated rings. The van der Waals surface area contributed by atoms with Crippen LogP contribution in [0.15, 0.2) is 57.6 Å². The summed E-state index contributed by atoms with van der Waals surface area (Å²) in [5.74, 6) is -2.31. The second-order valence-corrected chi connectivity index (χ2v) is 6.08. The number of alkyl halides is 3. The smallest absolute Gasteiger partial charge is 0.471 e. The lowest BCUT2D eigenvalue weighted by Gasteiger charge is -2.08. The Morgan fingerprint density at radius 2 is 1.87 bits per heavy atom. The Bertz CT molecular complexity index is 1180. The number of hydrogen-bond acceptors (Lipinski definition) is 7. The van der Waals surface area contributed by atoms with Crippen molar-refractivity contribution in [1.82, 2.24) is 20.6 Å². The quantitative estimate of drug-likeness (QED) is 0.476. The Morgan fingerprint density at radius 3 is 2.67 bits per heavy atom. The number of hydrogen-bond donors (Lipinski definition) is 1. The zero-order chi connectivity index (χ0) is 21.1. The highest BCUT2D eigenvalue weighted by molar-refractivity contribution is 6.06. The minimum atomic E-state index is -4.76. The third kappa shape index (κ3) is 4.09. The van der Waals surface area contributed by atoms with E-state index in [9.17, 15) is 18.0 Å². The van der Waals surface area contributed by atoms with Gasteiger partial charge in [0, 0.05) is 5.56 Å². The number of ether oxygens (including phenoxy) is 1. The van der Waals surface area contributed by atoms with Crippen LogP contribution >= 0.6 is 0 Å². The van der Waals surface area contributed by atoms with Crippen LogP contribution in [0.3, 0.4) is 0 Å². The van der Waals surface area contributed by atoms with Gasteiger partial charge in [0.1, 0.15) is 6.61 Å². The predicted octanol–water partition coefficient (Wildman–Crippen LogP) is 3.71. The first-order chi connectivity index (χ1) is 14.4. The van der Waals surface area contributed by atoms with Crippen LogP contribution in [-0.4, -0.2) is 34.4 Å². The second-order valence-electron chi connectivity index (χ2n) is 6.08. The molecule has 0 aliphatic heterocycles. The molecule has 2 heterocycles. The molecule has 0 aliphatic rings. The van der Waals surface area contributed by atoms with Gasteiger partial charge in [-0.05, 0) is 22.0 Å². The highest BCUT2D eigenvalue weighted by Gasteiger charge is 2.39. The summed E-state index contributed by atoms with van der Waals surface area (Å²) in [6.45, 7) is 0.229. The van der Waals surface area contributed by atoms with E-state index in [4.69, 9.17) is 9.26 Å². The highest BCUT2D eigenvalue weighted by Crippen LogP contribution is 2.30. The van der Waals surface area contributed by atoms with E-state index in [0.717, 1.165) is 10.8 Å². The summed E-state index contributed by atoms with van der Waals surface area (Å²) >= 11 is 0. The first-order valence-electron chi connectivity index (χ1n) is 8.68. The third-order valence-corrected chi connectivity index (χ3v) is 4.05. The first-order valence-corrected chi connectivity index (χ1v) is 8.68. The van der Waals surface area contributed by atoms with Crippen LogP contribution in [0.5, 0.6) is 5.88 Å². The standard InChI is InChI=1S/C19H13F3N4O4/c20-19(21,22)18-24-16(26-30-18)14-10-15(25-29-14)28-9-8-23-17(27)13-7-3-5-11-4-1-2-6-12(11)13/h1-7,10H,8-9H2,(H,23,27). The molecule has 11 heteroatoms. The zero-order valence-corrected chi connectivity index (χ0v) is 15.1. The molecule has 0 bridgehead atoms. The van der Waals surface area contributed by atoms with Gasteiger partial charge >= 0.3 is 12.1 Å². The molecule has 0 unspecified atom stereocenters. The van der Waals surface area contributed by atoms with Gasteiger partial charge in [0.2, 0.25) is 11.6 Å². The van der Waals surface area contributed by atoms with Crippen LogP contribution in [0.4, 0.5) is 13.2 Å². The van der Waals surface area contributed by atoms with Crippen molar-refractivity contribution in [1.29, 1.82) is 0 Å². The van der Waals surface area contributed by atoms with Crippen molar-refractivity contribution < 1.29 is 31.7 Å². The maximum Gasteiger partial charge on any atom is 0.471 e. The molecule has 8 nitrogen and oxygen atoms in total. The van der Waals surface area contributed by atoms with Gasteiger partial charge in [-0.2, -0.15) is 18.2 Å². The molecule has 0 atom stereocenters. The normalized spacial score (nSPS) is 11.6. The number of carbonyl (C=O) groups is 1. The van der Waals surface area contributed by atoms with Gasteiger partial charge in [0.15, 0.2) is 0 Å². The molecule has 1 N–H and O–H groups in total. The number of carbonyl (C=O) groups excluding carboxylic acids is 1. The lowest BCUT2D eigenvalue weighted by Crippen LogP contribution is -2.28. The first kappa shape index (κ1) is 19.4. The van der Waals surface area contributed by atoms with Gasteiger partial charge in [-0.1, -0.05) is 41.6 Å². The molecule has 0 saturated carbocycles. The molecule has 154 valence electrons. The predicted molar refractivity (Wildman–Crippen MR) is 96.6 cm³/mol. The van der Waals surface area contributed by atoms with E-state index in [0.29, 0.717) is 5.56 Å². The van der Waals surface area contributed by atoms with E-state index < -0.39 is 17.9 Å². The number of nitrogens with zero attached hydrogens (tertiary/aromatic N) is 3. The Labute approximate surface area is 166 Å². The summed E-state index contributed by atoms with van der Waals surface area (Å²) in [7, 11) is 0. The van der Waals surface area contributed by atoms with E-state index in [1.165, 1.54) is 6.07 Å². The zero-order valence-electron chi connectivity index (χ0n) is 15.1. The minimum absolute atomic E-state index is 0.00256. The lowest BCUT2D eigenvalue weighted by atomic mass is 10.0. The molecule has 4 rings (SSSR count). The Balaban J connectivity index is 1.32. The fraction of sp³-hybridized carbons (Fsp3) is 0.158. The largest absolute Gasteiger partial charge is 0.474 e. The van der Waals surface area contributed by atoms with Gasteiger partial charge in [0.05, 0.1) is 12.6 Å². The van der Waals surface area contributed by atoms with E-state index in [-0.39, 0.29) is 30.7 Å². The number of rotatable bonds is 6. The lowest BCUT2D eigenvalue weighted by molar-refractivity contribution is -0.159. The van der Waals surface area contributed by atoms with Crippen LogP contribution in [0.1, 0.15) is 16.2 Å². The molecule has 0 radical (unpaired) electrons. The van der Waals surface area contributed by atoms with Crippen molar-refractivity contribution in [3.63, 3.8) is 0 Å². The molecule has 0 saturated heterocycles. The van der Waals surface area contributed by atoms with Crippen molar-refractivity contribution >= 4 is 16.7 Å². The number of nitrogens with one attached hydrogen (secondary N) is 1. The molecule has 1 amide bonds. The fourth-order valence-electron chi connectivity index (χ4n) is 2.71. The number of halogens is 3. The monoisotopic (exact) mass is 418 g/mol. The van der Waals surface area contributed by atoms with E-state index >= 15 is 0 Å². The van der Waals surface area contributed by atoms with Gasteiger partial charge in [-0.25, -0.2) is 0 Å². The molecule has 2 aromatic carbocycles. The average Bonchev–Trinajstić information content (AvgIpc) is 3.40. The van der Waals surface area contributed by atoms with Crippen LogP contribution in [0.2, 0.25) is 0 Å². The number of aromatic nitrogens is 3. The topological polar surface area (TPSA) is 103 Å². The average molecular weight is 418 g/mol. The summed E-state index contributed by atoms with van der Waals surface area (Å²) in [4.78, 5) is 15.6. The summed E-state index contributed by atoms with van der Waals surface area (Å²) < 4.78 is 51.8. The van der Waals surface area contributed by atoms with Gasteiger partial charge in [0.25, 0.3) is 11.8 Å². The number of benzene rings is 2. The maximum atomic E-state index is 12.5. The summed E-state index contributed by atoms with van der Waals surface area (Å²) in [6, 6.07) is 14.2. The Kier molecular flexibility index (Phi) is 5.09. The van der Waals surface area contributed by atoms with Gasteiger partial charge in [-0.15, -0.1) is 0 Å². The molecule has 4 aromatic rings.